The number of hydrogen-bond acceptors (Lipinski definition) is 7. The van der Waals surface area contributed by atoms with E-state index in [4.69, 9.17) is 33.7 Å². The molecule has 0 fully saturated rings. The average Bonchev–Trinajstić information content (AvgIpc) is 3.11. The Bertz CT molecular complexity index is 1590. The molecule has 0 atom stereocenters. The van der Waals surface area contributed by atoms with Crippen molar-refractivity contribution in [1.29, 1.82) is 0 Å². The molecule has 0 spiro atoms. The van der Waals surface area contributed by atoms with Gasteiger partial charge in [0.1, 0.15) is 10.7 Å². The molecule has 0 saturated carbocycles. The van der Waals surface area contributed by atoms with Crippen molar-refractivity contribution in [1.82, 2.24) is 9.78 Å². The highest BCUT2D eigenvalue weighted by molar-refractivity contribution is 7.99. The molecule has 0 aliphatic heterocycles. The maximum absolute atomic E-state index is 13.2. The molecule has 1 heterocycles. The first-order chi connectivity index (χ1) is 16.0. The Hall–Kier alpha value is -2.77. The van der Waals surface area contributed by atoms with Gasteiger partial charge < -0.3 is 4.74 Å². The molecule has 9 nitrogen and oxygen atoms in total. The third-order valence-corrected chi connectivity index (χ3v) is 8.16. The fourth-order valence-electron chi connectivity index (χ4n) is 3.52. The Morgan fingerprint density at radius 2 is 1.94 bits per heavy atom. The number of methoxy groups -OCH3 is 1. The second-order valence-corrected chi connectivity index (χ2v) is 11.5. The van der Waals surface area contributed by atoms with Crippen LogP contribution >= 0.6 is 23.8 Å². The maximum Gasteiger partial charge on any atom is 0.264 e. The van der Waals surface area contributed by atoms with E-state index in [2.05, 4.69) is 9.82 Å². The zero-order valence-corrected chi connectivity index (χ0v) is 20.9. The molecule has 0 unspecified atom stereocenters. The van der Waals surface area contributed by atoms with Gasteiger partial charge in [0, 0.05) is 16.3 Å². The Morgan fingerprint density at radius 1 is 1.21 bits per heavy atom. The van der Waals surface area contributed by atoms with Crippen molar-refractivity contribution in [3.05, 3.63) is 70.1 Å². The van der Waals surface area contributed by atoms with Gasteiger partial charge in [-0.25, -0.2) is 22.0 Å². The van der Waals surface area contributed by atoms with Crippen molar-refractivity contribution in [3.63, 3.8) is 0 Å². The summed E-state index contributed by atoms with van der Waals surface area (Å²) in [6, 6.07) is 11.3. The second-order valence-electron chi connectivity index (χ2n) is 7.38. The number of nitrogens with zero attached hydrogens (tertiary/aromatic N) is 2. The lowest BCUT2D eigenvalue weighted by Gasteiger charge is -2.14. The molecule has 3 aromatic rings. The van der Waals surface area contributed by atoms with E-state index >= 15 is 0 Å². The minimum atomic E-state index is -4.10. The summed E-state index contributed by atoms with van der Waals surface area (Å²) in [7, 11) is -6.53. The predicted molar refractivity (Wildman–Crippen MR) is 135 cm³/mol. The van der Waals surface area contributed by atoms with Crippen LogP contribution in [0, 0.1) is 0 Å². The largest absolute Gasteiger partial charge is 0.496 e. The number of sulfonamides is 2. The number of halogens is 1. The van der Waals surface area contributed by atoms with E-state index in [0.717, 1.165) is 0 Å². The zero-order chi connectivity index (χ0) is 24.7. The van der Waals surface area contributed by atoms with E-state index in [1.165, 1.54) is 25.3 Å². The van der Waals surface area contributed by atoms with Crippen LogP contribution in [-0.4, -0.2) is 38.6 Å². The Labute approximate surface area is 206 Å². The number of allylic oxidation sites excluding steroid dienone is 4. The van der Waals surface area contributed by atoms with E-state index in [-0.39, 0.29) is 38.5 Å². The van der Waals surface area contributed by atoms with Crippen molar-refractivity contribution in [2.75, 3.05) is 11.8 Å². The number of fused-ring (bicyclic) bond motifs is 1. The normalized spacial score (nSPS) is 14.6. The highest BCUT2D eigenvalue weighted by atomic mass is 35.5. The monoisotopic (exact) mass is 538 g/mol. The highest BCUT2D eigenvalue weighted by Crippen LogP contribution is 2.34. The molecular formula is C21H19ClN4O5S3. The molecule has 3 N–H and O–H groups in total. The molecule has 0 amide bonds. The lowest BCUT2D eigenvalue weighted by molar-refractivity contribution is 0.420. The van der Waals surface area contributed by atoms with Gasteiger partial charge in [0.2, 0.25) is 10.0 Å². The van der Waals surface area contributed by atoms with Gasteiger partial charge in [-0.3, -0.25) is 9.40 Å². The van der Waals surface area contributed by atoms with Crippen molar-refractivity contribution in [2.45, 2.75) is 17.9 Å². The summed E-state index contributed by atoms with van der Waals surface area (Å²) in [5, 5.41) is 10.4. The number of thiocarbonyl (C=S) groups is 1. The predicted octanol–water partition coefficient (Wildman–Crippen LogP) is 3.26. The van der Waals surface area contributed by atoms with E-state index in [1.54, 1.807) is 41.1 Å². The third kappa shape index (κ3) is 4.86. The van der Waals surface area contributed by atoms with Crippen LogP contribution in [0.2, 0.25) is 0 Å². The van der Waals surface area contributed by atoms with E-state index in [1.807, 2.05) is 0 Å². The van der Waals surface area contributed by atoms with Gasteiger partial charge in [0.05, 0.1) is 29.5 Å². The van der Waals surface area contributed by atoms with E-state index in [0.29, 0.717) is 22.2 Å². The quantitative estimate of drug-likeness (QED) is 0.441. The van der Waals surface area contributed by atoms with Crippen LogP contribution < -0.4 is 14.6 Å². The van der Waals surface area contributed by atoms with Crippen LogP contribution in [0.25, 0.3) is 10.9 Å². The molecule has 2 aromatic carbocycles. The molecule has 1 aliphatic rings. The SMILES string of the molecule is COc1cccc2c1c(NS(=O)(=O)C1=CC(Cl)=CCC1=S)nn2Cc1cccc(S(N)(=O)=O)c1. The standard InChI is InChI=1S/C21H19ClN4O5S3/c1-31-17-7-3-6-16-20(17)21(25-34(29,30)19-11-14(22)8-9-18(19)32)24-26(16)12-13-4-2-5-15(10-13)33(23,27)28/h2-8,10-11H,9,12H2,1H3,(H,24,25)(H2,23,27,28). The smallest absolute Gasteiger partial charge is 0.264 e. The van der Waals surface area contributed by atoms with Gasteiger partial charge in [0.15, 0.2) is 5.82 Å². The highest BCUT2D eigenvalue weighted by Gasteiger charge is 2.27. The summed E-state index contributed by atoms with van der Waals surface area (Å²) in [4.78, 5) is 0.0866. The first kappa shape index (κ1) is 24.4. The van der Waals surface area contributed by atoms with Crippen LogP contribution in [0.15, 0.2) is 69.4 Å². The van der Waals surface area contributed by atoms with Crippen molar-refractivity contribution in [3.8, 4) is 5.75 Å². The Balaban J connectivity index is 1.80. The molecule has 0 radical (unpaired) electrons. The van der Waals surface area contributed by atoms with Gasteiger partial charge in [-0.1, -0.05) is 48.1 Å². The lowest BCUT2D eigenvalue weighted by atomic mass is 10.2. The number of ether oxygens (including phenoxy) is 1. The summed E-state index contributed by atoms with van der Waals surface area (Å²) in [5.41, 5.74) is 1.16. The summed E-state index contributed by atoms with van der Waals surface area (Å²) in [5.74, 6) is 0.433. The van der Waals surface area contributed by atoms with Crippen LogP contribution in [0.4, 0.5) is 5.82 Å². The van der Waals surface area contributed by atoms with E-state index in [9.17, 15) is 16.8 Å². The molecule has 0 bridgehead atoms. The number of anilines is 1. The first-order valence-corrected chi connectivity index (χ1v) is 13.6. The Morgan fingerprint density at radius 3 is 2.65 bits per heavy atom. The van der Waals surface area contributed by atoms with Crippen molar-refractivity contribution < 1.29 is 21.6 Å². The number of aromatic nitrogens is 2. The van der Waals surface area contributed by atoms with Gasteiger partial charge in [-0.2, -0.15) is 5.10 Å². The summed E-state index contributed by atoms with van der Waals surface area (Å²) < 4.78 is 59.2. The first-order valence-electron chi connectivity index (χ1n) is 9.78. The van der Waals surface area contributed by atoms with Crippen LogP contribution in [-0.2, 0) is 26.6 Å². The molecule has 13 heteroatoms. The molecule has 1 aromatic heterocycles. The molecule has 4 rings (SSSR count). The van der Waals surface area contributed by atoms with Gasteiger partial charge >= 0.3 is 0 Å². The molecular weight excluding hydrogens is 520 g/mol. The maximum atomic E-state index is 13.2. The molecule has 1 aliphatic carbocycles. The summed E-state index contributed by atoms with van der Waals surface area (Å²) >= 11 is 11.2. The summed E-state index contributed by atoms with van der Waals surface area (Å²) in [6.07, 6.45) is 3.16. The van der Waals surface area contributed by atoms with Crippen LogP contribution in [0.1, 0.15) is 12.0 Å². The molecule has 34 heavy (non-hydrogen) atoms. The summed E-state index contributed by atoms with van der Waals surface area (Å²) in [6.45, 7) is 0.143. The lowest BCUT2D eigenvalue weighted by Crippen LogP contribution is -2.21. The van der Waals surface area contributed by atoms with Gasteiger partial charge in [0.25, 0.3) is 10.0 Å². The average molecular weight is 539 g/mol. The number of benzene rings is 2. The van der Waals surface area contributed by atoms with Crippen molar-refractivity contribution in [2.24, 2.45) is 5.14 Å². The fourth-order valence-corrected chi connectivity index (χ4v) is 6.00. The topological polar surface area (TPSA) is 133 Å². The van der Waals surface area contributed by atoms with E-state index < -0.39 is 20.0 Å². The number of nitrogens with two attached hydrogens (primary N) is 1. The zero-order valence-electron chi connectivity index (χ0n) is 17.7. The van der Waals surface area contributed by atoms with Crippen LogP contribution in [0.3, 0.4) is 0 Å². The van der Waals surface area contributed by atoms with Crippen molar-refractivity contribution >= 4 is 65.5 Å². The molecule has 0 saturated heterocycles. The minimum Gasteiger partial charge on any atom is -0.496 e. The van der Waals surface area contributed by atoms with Gasteiger partial charge in [-0.05, 0) is 35.9 Å². The third-order valence-electron chi connectivity index (χ3n) is 5.07. The fraction of sp³-hybridized carbons (Fsp3) is 0.143. The number of hydrogen-bond donors (Lipinski definition) is 2. The number of rotatable bonds is 7. The molecule has 178 valence electrons. The number of primary sulfonamides is 1. The number of nitrogens with one attached hydrogen (secondary N) is 1. The van der Waals surface area contributed by atoms with Crippen LogP contribution in [0.5, 0.6) is 5.75 Å². The van der Waals surface area contributed by atoms with Gasteiger partial charge in [-0.15, -0.1) is 0 Å². The Kier molecular flexibility index (Phi) is 6.53. The second kappa shape index (κ2) is 9.12. The minimum absolute atomic E-state index is 0.0319.